The number of methoxy groups -OCH3 is 1. The van der Waals surface area contributed by atoms with Gasteiger partial charge in [0, 0.05) is 6.54 Å². The number of rotatable bonds is 4. The Morgan fingerprint density at radius 3 is 2.48 bits per heavy atom. The van der Waals surface area contributed by atoms with E-state index in [2.05, 4.69) is 25.9 Å². The third-order valence-electron chi connectivity index (χ3n) is 4.11. The summed E-state index contributed by atoms with van der Waals surface area (Å²) in [6.07, 6.45) is -1.31. The lowest BCUT2D eigenvalue weighted by Gasteiger charge is -2.39. The maximum Gasteiger partial charge on any atom is 0.390 e. The van der Waals surface area contributed by atoms with E-state index >= 15 is 0 Å². The predicted molar refractivity (Wildman–Crippen MR) is 79.8 cm³/mol. The van der Waals surface area contributed by atoms with Gasteiger partial charge in [-0.15, -0.1) is 0 Å². The maximum atomic E-state index is 12.3. The molecule has 2 heterocycles. The first kappa shape index (κ1) is 18.1. The normalized spacial score (nSPS) is 18.7. The fraction of sp³-hybridized carbons (Fsp3) is 0.643. The summed E-state index contributed by atoms with van der Waals surface area (Å²) in [7, 11) is 1.30. The molecular weight excluding hydrogens is 379 g/mol. The number of ether oxygens (including phenoxy) is 1. The van der Waals surface area contributed by atoms with Crippen molar-refractivity contribution in [2.75, 3.05) is 26.7 Å². The first-order valence-electron chi connectivity index (χ1n) is 7.12. The van der Waals surface area contributed by atoms with Gasteiger partial charge in [-0.3, -0.25) is 9.78 Å². The molecule has 1 fully saturated rings. The SMILES string of the molecule is COC(=O)C1(c2cnc(Br)cn2)CCN(CCC(F)(F)F)CC1. The van der Waals surface area contributed by atoms with Crippen LogP contribution < -0.4 is 0 Å². The van der Waals surface area contributed by atoms with Gasteiger partial charge in [-0.05, 0) is 41.9 Å². The molecule has 1 aliphatic heterocycles. The fourth-order valence-electron chi connectivity index (χ4n) is 2.76. The molecule has 0 atom stereocenters. The lowest BCUT2D eigenvalue weighted by atomic mass is 9.75. The van der Waals surface area contributed by atoms with E-state index in [0.717, 1.165) is 0 Å². The molecule has 23 heavy (non-hydrogen) atoms. The van der Waals surface area contributed by atoms with Crippen LogP contribution in [-0.2, 0) is 14.9 Å². The Hall–Kier alpha value is -1.22. The van der Waals surface area contributed by atoms with E-state index in [9.17, 15) is 18.0 Å². The Kier molecular flexibility index (Phi) is 5.61. The molecule has 1 aromatic heterocycles. The fourth-order valence-corrected chi connectivity index (χ4v) is 2.97. The van der Waals surface area contributed by atoms with Gasteiger partial charge in [-0.25, -0.2) is 4.98 Å². The van der Waals surface area contributed by atoms with Gasteiger partial charge in [-0.1, -0.05) is 0 Å². The van der Waals surface area contributed by atoms with Crippen molar-refractivity contribution in [2.45, 2.75) is 30.9 Å². The first-order valence-corrected chi connectivity index (χ1v) is 7.92. The summed E-state index contributed by atoms with van der Waals surface area (Å²) in [5.41, 5.74) is -0.458. The Morgan fingerprint density at radius 1 is 1.35 bits per heavy atom. The van der Waals surface area contributed by atoms with Crippen molar-refractivity contribution >= 4 is 21.9 Å². The number of carbonyl (C=O) groups is 1. The molecule has 0 unspecified atom stereocenters. The average Bonchev–Trinajstić information content (AvgIpc) is 2.52. The summed E-state index contributed by atoms with van der Waals surface area (Å²) in [6, 6.07) is 0. The van der Waals surface area contributed by atoms with Crippen molar-refractivity contribution < 1.29 is 22.7 Å². The maximum absolute atomic E-state index is 12.3. The average molecular weight is 396 g/mol. The molecular formula is C14H17BrF3N3O2. The highest BCUT2D eigenvalue weighted by Gasteiger charge is 2.45. The number of hydrogen-bond donors (Lipinski definition) is 0. The van der Waals surface area contributed by atoms with Crippen molar-refractivity contribution in [3.63, 3.8) is 0 Å². The number of nitrogens with zero attached hydrogens (tertiary/aromatic N) is 3. The van der Waals surface area contributed by atoms with E-state index in [1.54, 1.807) is 4.90 Å². The quantitative estimate of drug-likeness (QED) is 0.733. The number of likely N-dealkylation sites (tertiary alicyclic amines) is 1. The number of aromatic nitrogens is 2. The van der Waals surface area contributed by atoms with Crippen LogP contribution in [0.15, 0.2) is 17.0 Å². The predicted octanol–water partition coefficient (Wildman–Crippen LogP) is 2.70. The van der Waals surface area contributed by atoms with Gasteiger partial charge in [0.2, 0.25) is 0 Å². The van der Waals surface area contributed by atoms with E-state index in [-0.39, 0.29) is 6.54 Å². The van der Waals surface area contributed by atoms with Crippen LogP contribution in [0.5, 0.6) is 0 Å². The molecule has 0 aliphatic carbocycles. The zero-order valence-electron chi connectivity index (χ0n) is 12.6. The van der Waals surface area contributed by atoms with Gasteiger partial charge in [0.1, 0.15) is 10.0 Å². The molecule has 0 bridgehead atoms. The lowest BCUT2D eigenvalue weighted by molar-refractivity contribution is -0.151. The summed E-state index contributed by atoms with van der Waals surface area (Å²) in [5, 5.41) is 0. The van der Waals surface area contributed by atoms with Gasteiger partial charge in [-0.2, -0.15) is 13.2 Å². The molecule has 0 spiro atoms. The van der Waals surface area contributed by atoms with E-state index in [0.29, 0.717) is 36.2 Å². The van der Waals surface area contributed by atoms with Gasteiger partial charge in [0.15, 0.2) is 0 Å². The highest BCUT2D eigenvalue weighted by atomic mass is 79.9. The molecule has 2 rings (SSSR count). The largest absolute Gasteiger partial charge is 0.468 e. The number of carbonyl (C=O) groups excluding carboxylic acids is 1. The van der Waals surface area contributed by atoms with Gasteiger partial charge in [0.05, 0.1) is 31.6 Å². The zero-order valence-corrected chi connectivity index (χ0v) is 14.2. The van der Waals surface area contributed by atoms with Crippen molar-refractivity contribution in [3.05, 3.63) is 22.7 Å². The topological polar surface area (TPSA) is 55.3 Å². The van der Waals surface area contributed by atoms with Gasteiger partial charge >= 0.3 is 12.1 Å². The monoisotopic (exact) mass is 395 g/mol. The number of hydrogen-bond acceptors (Lipinski definition) is 5. The molecule has 0 amide bonds. The molecule has 0 radical (unpaired) electrons. The summed E-state index contributed by atoms with van der Waals surface area (Å²) in [5.74, 6) is -0.426. The second kappa shape index (κ2) is 7.12. The van der Waals surface area contributed by atoms with Crippen LogP contribution in [-0.4, -0.2) is 53.8 Å². The van der Waals surface area contributed by atoms with E-state index in [1.807, 2.05) is 0 Å². The third-order valence-corrected chi connectivity index (χ3v) is 4.52. The van der Waals surface area contributed by atoms with Crippen molar-refractivity contribution in [2.24, 2.45) is 0 Å². The zero-order chi connectivity index (χ0) is 17.1. The number of esters is 1. The molecule has 9 heteroatoms. The van der Waals surface area contributed by atoms with E-state index in [4.69, 9.17) is 4.74 Å². The second-order valence-electron chi connectivity index (χ2n) is 5.50. The molecule has 128 valence electrons. The summed E-state index contributed by atoms with van der Waals surface area (Å²) >= 11 is 3.19. The first-order chi connectivity index (χ1) is 10.8. The smallest absolute Gasteiger partial charge is 0.390 e. The van der Waals surface area contributed by atoms with E-state index < -0.39 is 24.0 Å². The Balaban J connectivity index is 2.11. The van der Waals surface area contributed by atoms with Crippen LogP contribution in [0.25, 0.3) is 0 Å². The van der Waals surface area contributed by atoms with Crippen LogP contribution >= 0.6 is 15.9 Å². The molecule has 1 saturated heterocycles. The molecule has 1 aromatic rings. The van der Waals surface area contributed by atoms with Gasteiger partial charge in [0.25, 0.3) is 0 Å². The van der Waals surface area contributed by atoms with Crippen LogP contribution in [0.4, 0.5) is 13.2 Å². The summed E-state index contributed by atoms with van der Waals surface area (Å²) in [4.78, 5) is 22.3. The lowest BCUT2D eigenvalue weighted by Crippen LogP contribution is -2.48. The Morgan fingerprint density at radius 2 is 2.00 bits per heavy atom. The van der Waals surface area contributed by atoms with Crippen molar-refractivity contribution in [1.29, 1.82) is 0 Å². The molecule has 0 saturated carbocycles. The van der Waals surface area contributed by atoms with Crippen LogP contribution in [0.3, 0.4) is 0 Å². The second-order valence-corrected chi connectivity index (χ2v) is 6.32. The highest BCUT2D eigenvalue weighted by molar-refractivity contribution is 9.10. The minimum absolute atomic E-state index is 0.0627. The van der Waals surface area contributed by atoms with Gasteiger partial charge < -0.3 is 9.64 Å². The minimum Gasteiger partial charge on any atom is -0.468 e. The number of halogens is 4. The minimum atomic E-state index is -4.17. The van der Waals surface area contributed by atoms with Crippen LogP contribution in [0, 0.1) is 0 Å². The number of alkyl halides is 3. The van der Waals surface area contributed by atoms with Crippen molar-refractivity contribution in [3.8, 4) is 0 Å². The molecule has 1 aliphatic rings. The Bertz CT molecular complexity index is 543. The highest BCUT2D eigenvalue weighted by Crippen LogP contribution is 2.36. The number of piperidine rings is 1. The molecule has 0 N–H and O–H groups in total. The molecule has 0 aromatic carbocycles. The van der Waals surface area contributed by atoms with Crippen LogP contribution in [0.2, 0.25) is 0 Å². The van der Waals surface area contributed by atoms with Crippen molar-refractivity contribution in [1.82, 2.24) is 14.9 Å². The van der Waals surface area contributed by atoms with Crippen LogP contribution in [0.1, 0.15) is 25.0 Å². The third kappa shape index (κ3) is 4.41. The Labute approximate surface area is 140 Å². The molecule has 5 nitrogen and oxygen atoms in total. The van der Waals surface area contributed by atoms with E-state index in [1.165, 1.54) is 19.5 Å². The summed E-state index contributed by atoms with van der Waals surface area (Å²) < 4.78 is 42.4. The standard InChI is InChI=1S/C14H17BrF3N3O2/c1-23-12(22)13(10-8-20-11(15)9-19-10)2-5-21(6-3-13)7-4-14(16,17)18/h8-9H,2-7H2,1H3. The summed E-state index contributed by atoms with van der Waals surface area (Å²) in [6.45, 7) is 0.693.